The molecule has 37 heavy (non-hydrogen) atoms. The van der Waals surface area contributed by atoms with Gasteiger partial charge < -0.3 is 5.11 Å². The minimum Gasteiger partial charge on any atom is -0.505 e. The maximum Gasteiger partial charge on any atom is 0.416 e. The number of allylic oxidation sites excluding steroid dienone is 4. The molecule has 1 aliphatic rings. The van der Waals surface area contributed by atoms with Gasteiger partial charge in [-0.05, 0) is 52.7 Å². The number of aromatic hydroxyl groups is 1. The number of hydrazone groups is 1. The second kappa shape index (κ2) is 9.84. The molecule has 1 aliphatic carbocycles. The average Bonchev–Trinajstić information content (AvgIpc) is 2.77. The zero-order valence-electron chi connectivity index (χ0n) is 22.5. The fourth-order valence-electron chi connectivity index (χ4n) is 4.95. The number of nitrogens with one attached hydrogen (secondary N) is 2. The molecule has 0 bridgehead atoms. The Kier molecular flexibility index (Phi) is 7.51. The van der Waals surface area contributed by atoms with Crippen molar-refractivity contribution >= 4 is 17.1 Å². The van der Waals surface area contributed by atoms with Crippen molar-refractivity contribution in [3.05, 3.63) is 83.0 Å². The SMILES string of the molecule is CC(C)(C)CC(C)(C)c1cc(N/N=C2/C=C(C(F)(F)F)C=CC2=N)c(O)c(C(C)(C)c2ccccc2)c1. The molecule has 0 amide bonds. The van der Waals surface area contributed by atoms with Crippen molar-refractivity contribution in [2.45, 2.75) is 71.9 Å². The van der Waals surface area contributed by atoms with Crippen LogP contribution < -0.4 is 5.43 Å². The number of halogens is 3. The number of phenols is 1. The van der Waals surface area contributed by atoms with E-state index in [1.165, 1.54) is 0 Å². The highest BCUT2D eigenvalue weighted by molar-refractivity contribution is 6.50. The molecule has 0 saturated heterocycles. The summed E-state index contributed by atoms with van der Waals surface area (Å²) >= 11 is 0. The molecule has 0 heterocycles. The Labute approximate surface area is 217 Å². The molecule has 0 fully saturated rings. The van der Waals surface area contributed by atoms with Gasteiger partial charge in [0.2, 0.25) is 0 Å². The number of nitrogens with zero attached hydrogens (tertiary/aromatic N) is 1. The van der Waals surface area contributed by atoms with Crippen LogP contribution in [0.1, 0.15) is 71.6 Å². The quantitative estimate of drug-likeness (QED) is 0.207. The van der Waals surface area contributed by atoms with Crippen molar-refractivity contribution in [1.29, 1.82) is 5.41 Å². The largest absolute Gasteiger partial charge is 0.505 e. The van der Waals surface area contributed by atoms with Crippen molar-refractivity contribution in [3.8, 4) is 5.75 Å². The van der Waals surface area contributed by atoms with Crippen LogP contribution in [-0.2, 0) is 10.8 Å². The van der Waals surface area contributed by atoms with Gasteiger partial charge in [0, 0.05) is 11.0 Å². The van der Waals surface area contributed by atoms with E-state index in [9.17, 15) is 18.3 Å². The first-order chi connectivity index (χ1) is 16.9. The maximum absolute atomic E-state index is 13.2. The number of anilines is 1. The van der Waals surface area contributed by atoms with Crippen molar-refractivity contribution in [3.63, 3.8) is 0 Å². The Morgan fingerprint density at radius 3 is 2.08 bits per heavy atom. The van der Waals surface area contributed by atoms with E-state index in [4.69, 9.17) is 5.41 Å². The van der Waals surface area contributed by atoms with Crippen LogP contribution in [0.15, 0.2) is 71.4 Å². The van der Waals surface area contributed by atoms with E-state index < -0.39 is 17.2 Å². The van der Waals surface area contributed by atoms with Crippen LogP contribution in [0.5, 0.6) is 5.75 Å². The molecule has 0 unspecified atom stereocenters. The lowest BCUT2D eigenvalue weighted by molar-refractivity contribution is -0.0881. The van der Waals surface area contributed by atoms with Crippen LogP contribution in [0.4, 0.5) is 18.9 Å². The number of benzene rings is 2. The summed E-state index contributed by atoms with van der Waals surface area (Å²) in [6, 6.07) is 13.6. The zero-order valence-corrected chi connectivity index (χ0v) is 22.5. The topological polar surface area (TPSA) is 68.5 Å². The average molecular weight is 512 g/mol. The number of rotatable bonds is 6. The molecule has 0 saturated carbocycles. The predicted octanol–water partition coefficient (Wildman–Crippen LogP) is 8.28. The minimum absolute atomic E-state index is 0.0343. The summed E-state index contributed by atoms with van der Waals surface area (Å²) in [5.41, 5.74) is 3.65. The van der Waals surface area contributed by atoms with Crippen LogP contribution in [0, 0.1) is 10.8 Å². The van der Waals surface area contributed by atoms with E-state index in [2.05, 4.69) is 45.1 Å². The number of phenolic OH excluding ortho intramolecular Hbond substituents is 1. The van der Waals surface area contributed by atoms with Crippen molar-refractivity contribution in [1.82, 2.24) is 0 Å². The monoisotopic (exact) mass is 511 g/mol. The molecule has 0 aliphatic heterocycles. The molecular formula is C30H36F3N3O. The lowest BCUT2D eigenvalue weighted by Crippen LogP contribution is -2.27. The van der Waals surface area contributed by atoms with E-state index in [1.807, 2.05) is 50.2 Å². The van der Waals surface area contributed by atoms with E-state index in [0.29, 0.717) is 5.56 Å². The highest BCUT2D eigenvalue weighted by atomic mass is 19.4. The van der Waals surface area contributed by atoms with E-state index >= 15 is 0 Å². The van der Waals surface area contributed by atoms with Gasteiger partial charge in [0.25, 0.3) is 0 Å². The maximum atomic E-state index is 13.2. The normalized spacial score (nSPS) is 16.2. The fourth-order valence-corrected chi connectivity index (χ4v) is 4.95. The summed E-state index contributed by atoms with van der Waals surface area (Å²) in [4.78, 5) is 0. The van der Waals surface area contributed by atoms with E-state index in [1.54, 1.807) is 6.07 Å². The van der Waals surface area contributed by atoms with Gasteiger partial charge in [-0.15, -0.1) is 0 Å². The third kappa shape index (κ3) is 6.51. The Bertz CT molecular complexity index is 1260. The molecule has 0 radical (unpaired) electrons. The molecule has 2 aromatic carbocycles. The van der Waals surface area contributed by atoms with Gasteiger partial charge in [0.05, 0.1) is 17.0 Å². The predicted molar refractivity (Wildman–Crippen MR) is 146 cm³/mol. The molecule has 3 N–H and O–H groups in total. The summed E-state index contributed by atoms with van der Waals surface area (Å²) in [5.74, 6) is -0.0357. The Morgan fingerprint density at radius 2 is 1.51 bits per heavy atom. The number of alkyl halides is 3. The molecule has 198 valence electrons. The Balaban J connectivity index is 2.16. The van der Waals surface area contributed by atoms with Gasteiger partial charge in [-0.2, -0.15) is 18.3 Å². The highest BCUT2D eigenvalue weighted by Gasteiger charge is 2.35. The van der Waals surface area contributed by atoms with Gasteiger partial charge in [0.1, 0.15) is 11.5 Å². The lowest BCUT2D eigenvalue weighted by atomic mass is 9.70. The van der Waals surface area contributed by atoms with Gasteiger partial charge in [-0.25, -0.2) is 0 Å². The van der Waals surface area contributed by atoms with Crippen molar-refractivity contribution in [2.24, 2.45) is 10.5 Å². The Hall–Kier alpha value is -3.35. The van der Waals surface area contributed by atoms with Crippen LogP contribution >= 0.6 is 0 Å². The molecule has 0 atom stereocenters. The third-order valence-electron chi connectivity index (χ3n) is 6.65. The number of hydrogen-bond acceptors (Lipinski definition) is 4. The first kappa shape index (κ1) is 28.2. The van der Waals surface area contributed by atoms with Gasteiger partial charge in [-0.1, -0.05) is 84.9 Å². The molecule has 0 spiro atoms. The lowest BCUT2D eigenvalue weighted by Gasteiger charge is -2.35. The van der Waals surface area contributed by atoms with Crippen LogP contribution in [-0.4, -0.2) is 22.7 Å². The molecule has 2 aromatic rings. The van der Waals surface area contributed by atoms with Crippen molar-refractivity contribution < 1.29 is 18.3 Å². The zero-order chi connectivity index (χ0) is 27.8. The van der Waals surface area contributed by atoms with Gasteiger partial charge in [0.15, 0.2) is 0 Å². The fraction of sp³-hybridized carbons (Fsp3) is 0.400. The van der Waals surface area contributed by atoms with E-state index in [-0.39, 0.29) is 33.7 Å². The van der Waals surface area contributed by atoms with Crippen molar-refractivity contribution in [2.75, 3.05) is 5.43 Å². The molecule has 7 heteroatoms. The summed E-state index contributed by atoms with van der Waals surface area (Å²) in [5, 5.41) is 23.5. The highest BCUT2D eigenvalue weighted by Crippen LogP contribution is 2.45. The summed E-state index contributed by atoms with van der Waals surface area (Å²) in [6.07, 6.45) is -0.944. The van der Waals surface area contributed by atoms with Gasteiger partial charge in [-0.3, -0.25) is 10.8 Å². The standard InChI is InChI=1S/C30H36F3N3O/c1-27(2,3)18-28(4,5)21-15-22(29(6,7)19-11-9-8-10-12-19)26(37)25(17-21)36-35-24-16-20(30(31,32)33)13-14-23(24)34/h8-17,34,36-37H,18H2,1-7H3/b34-23?,35-24-. The summed E-state index contributed by atoms with van der Waals surface area (Å²) in [6.45, 7) is 14.8. The summed E-state index contributed by atoms with van der Waals surface area (Å²) in [7, 11) is 0. The van der Waals surface area contributed by atoms with Crippen LogP contribution in [0.25, 0.3) is 0 Å². The molecule has 0 aromatic heterocycles. The first-order valence-corrected chi connectivity index (χ1v) is 12.2. The molecular weight excluding hydrogens is 475 g/mol. The minimum atomic E-state index is -4.55. The summed E-state index contributed by atoms with van der Waals surface area (Å²) < 4.78 is 39.7. The van der Waals surface area contributed by atoms with Crippen LogP contribution in [0.3, 0.4) is 0 Å². The number of hydrogen-bond donors (Lipinski definition) is 3. The van der Waals surface area contributed by atoms with Gasteiger partial charge >= 0.3 is 6.18 Å². The smallest absolute Gasteiger partial charge is 0.416 e. The first-order valence-electron chi connectivity index (χ1n) is 12.2. The Morgan fingerprint density at radius 1 is 0.892 bits per heavy atom. The van der Waals surface area contributed by atoms with E-state index in [0.717, 1.165) is 35.8 Å². The molecule has 3 rings (SSSR count). The second-order valence-corrected chi connectivity index (χ2v) is 12.0. The third-order valence-corrected chi connectivity index (χ3v) is 6.65. The second-order valence-electron chi connectivity index (χ2n) is 12.0. The van der Waals surface area contributed by atoms with Crippen LogP contribution in [0.2, 0.25) is 0 Å². The molecule has 4 nitrogen and oxygen atoms in total.